The van der Waals surface area contributed by atoms with Crippen LogP contribution in [-0.2, 0) is 16.2 Å². The molecular weight excluding hydrogens is 817 g/mol. The summed E-state index contributed by atoms with van der Waals surface area (Å²) < 4.78 is 0. The van der Waals surface area contributed by atoms with Gasteiger partial charge in [-0.05, 0) is 154 Å². The van der Waals surface area contributed by atoms with Gasteiger partial charge in [-0.15, -0.1) is 0 Å². The molecule has 6 N–H and O–H groups in total. The Labute approximate surface area is 388 Å². The van der Waals surface area contributed by atoms with Crippen LogP contribution in [0.15, 0.2) is 182 Å². The van der Waals surface area contributed by atoms with E-state index in [9.17, 15) is 30.6 Å². The van der Waals surface area contributed by atoms with Crippen LogP contribution in [0.3, 0.4) is 0 Å². The third kappa shape index (κ3) is 8.59. The van der Waals surface area contributed by atoms with Crippen molar-refractivity contribution in [3.8, 4) is 45.6 Å². The largest absolute Gasteiger partial charge is 0.508 e. The second-order valence-corrected chi connectivity index (χ2v) is 18.3. The van der Waals surface area contributed by atoms with Gasteiger partial charge in [0.2, 0.25) is 0 Å². The number of aromatic hydroxyl groups is 6. The maximum absolute atomic E-state index is 10.2. The molecule has 6 heteroatoms. The monoisotopic (exact) mass is 874 g/mol. The van der Waals surface area contributed by atoms with Crippen LogP contribution in [0.1, 0.15) is 102 Å². The highest BCUT2D eigenvalue weighted by atomic mass is 16.3. The third-order valence-electron chi connectivity index (χ3n) is 13.9. The highest BCUT2D eigenvalue weighted by molar-refractivity contribution is 5.86. The van der Waals surface area contributed by atoms with Crippen LogP contribution in [0.2, 0.25) is 0 Å². The van der Waals surface area contributed by atoms with Crippen molar-refractivity contribution in [1.29, 1.82) is 0 Å². The Balaban J connectivity index is 0.000000141. The molecule has 0 aromatic heterocycles. The number of phenols is 6. The smallest absolute Gasteiger partial charge is 0.118 e. The number of fused-ring (bicyclic) bond motifs is 3. The fourth-order valence-electron chi connectivity index (χ4n) is 10.2. The van der Waals surface area contributed by atoms with Crippen molar-refractivity contribution in [3.63, 3.8) is 0 Å². The number of aryl methyl sites for hydroxylation is 2. The fraction of sp³-hybridized carbons (Fsp3) is 0.200. The fourth-order valence-corrected chi connectivity index (χ4v) is 10.2. The summed E-state index contributed by atoms with van der Waals surface area (Å²) in [5.41, 5.74) is 12.9. The minimum absolute atomic E-state index is 0.0274. The van der Waals surface area contributed by atoms with Gasteiger partial charge in [0.15, 0.2) is 0 Å². The minimum atomic E-state index is -0.510. The molecule has 0 heterocycles. The van der Waals surface area contributed by atoms with E-state index >= 15 is 0 Å². The maximum Gasteiger partial charge on any atom is 0.118 e. The molecule has 2 aliphatic carbocycles. The SMILES string of the molecule is CC(C)(c1ccc(O)cc1)c1ccc(O)cc1.Cc1cc(C2(c3ccc(O)c(C)c3)c3ccccc3-c3ccccc32)ccc1O.Oc1ccc(C2(c3ccc(O)cc3)CCCCC2)cc1. The molecule has 8 aromatic carbocycles. The molecule has 0 amide bonds. The second-order valence-electron chi connectivity index (χ2n) is 18.3. The van der Waals surface area contributed by atoms with Crippen molar-refractivity contribution in [2.45, 2.75) is 76.0 Å². The molecule has 334 valence electrons. The zero-order valence-corrected chi connectivity index (χ0v) is 38.0. The van der Waals surface area contributed by atoms with E-state index in [2.05, 4.69) is 74.5 Å². The van der Waals surface area contributed by atoms with Crippen molar-refractivity contribution in [1.82, 2.24) is 0 Å². The molecule has 10 rings (SSSR count). The summed E-state index contributed by atoms with van der Waals surface area (Å²) in [6, 6.07) is 58.5. The standard InChI is InChI=1S/C27H22O2.C18H20O2.C15H16O2/c1-17-15-19(11-13-25(17)28)27(20-12-14-26(29)18(2)16-20)23-9-5-3-7-21(23)22-8-4-6-10-24(22)27;19-16-8-4-14(5-9-16)18(12-2-1-3-13-18)15-6-10-17(20)11-7-15;1-15(2,11-3-7-13(16)8-4-11)12-5-9-14(17)10-6-12/h3-16,28-29H,1-2H3;4-11,19-20H,1-3,12-13H2;3-10,16-17H,1-2H3. The molecule has 8 aromatic rings. The van der Waals surface area contributed by atoms with Gasteiger partial charge in [0.1, 0.15) is 34.5 Å². The van der Waals surface area contributed by atoms with Crippen LogP contribution < -0.4 is 0 Å². The first-order valence-corrected chi connectivity index (χ1v) is 22.7. The van der Waals surface area contributed by atoms with Gasteiger partial charge in [0.25, 0.3) is 0 Å². The molecule has 0 saturated heterocycles. The topological polar surface area (TPSA) is 121 Å². The summed E-state index contributed by atoms with van der Waals surface area (Å²) in [5.74, 6) is 1.76. The van der Waals surface area contributed by atoms with E-state index in [1.807, 2.05) is 74.5 Å². The van der Waals surface area contributed by atoms with Crippen LogP contribution in [0.5, 0.6) is 34.5 Å². The van der Waals surface area contributed by atoms with Crippen molar-refractivity contribution >= 4 is 0 Å². The van der Waals surface area contributed by atoms with Crippen molar-refractivity contribution < 1.29 is 30.6 Å². The van der Waals surface area contributed by atoms with Gasteiger partial charge in [0, 0.05) is 10.8 Å². The van der Waals surface area contributed by atoms with Gasteiger partial charge < -0.3 is 30.6 Å². The summed E-state index contributed by atoms with van der Waals surface area (Å²) in [7, 11) is 0. The van der Waals surface area contributed by atoms with Gasteiger partial charge in [0.05, 0.1) is 5.41 Å². The van der Waals surface area contributed by atoms with Crippen LogP contribution in [0.4, 0.5) is 0 Å². The molecule has 0 aliphatic heterocycles. The molecule has 0 atom stereocenters. The van der Waals surface area contributed by atoms with Gasteiger partial charge in [-0.25, -0.2) is 0 Å². The number of hydrogen-bond acceptors (Lipinski definition) is 6. The predicted molar refractivity (Wildman–Crippen MR) is 265 cm³/mol. The molecule has 0 unspecified atom stereocenters. The number of phenolic OH excluding ortho intramolecular Hbond substituents is 6. The lowest BCUT2D eigenvalue weighted by Gasteiger charge is -2.38. The summed E-state index contributed by atoms with van der Waals surface area (Å²) in [6.45, 7) is 8.10. The van der Waals surface area contributed by atoms with Gasteiger partial charge in [-0.3, -0.25) is 0 Å². The molecule has 66 heavy (non-hydrogen) atoms. The normalized spacial score (nSPS) is 14.4. The highest BCUT2D eigenvalue weighted by Crippen LogP contribution is 2.56. The minimum Gasteiger partial charge on any atom is -0.508 e. The summed E-state index contributed by atoms with van der Waals surface area (Å²) in [5, 5.41) is 58.0. The first-order chi connectivity index (χ1) is 31.7. The van der Waals surface area contributed by atoms with Gasteiger partial charge >= 0.3 is 0 Å². The van der Waals surface area contributed by atoms with Gasteiger partial charge in [-0.2, -0.15) is 0 Å². The Kier molecular flexibility index (Phi) is 12.7. The van der Waals surface area contributed by atoms with Crippen molar-refractivity contribution in [2.24, 2.45) is 0 Å². The zero-order valence-electron chi connectivity index (χ0n) is 38.0. The molecule has 0 radical (unpaired) electrons. The van der Waals surface area contributed by atoms with Crippen LogP contribution in [-0.4, -0.2) is 30.6 Å². The van der Waals surface area contributed by atoms with E-state index in [0.717, 1.165) is 46.2 Å². The average molecular weight is 875 g/mol. The molecule has 1 saturated carbocycles. The first kappa shape index (κ1) is 45.1. The Morgan fingerprint density at radius 2 is 0.712 bits per heavy atom. The maximum atomic E-state index is 10.2. The van der Waals surface area contributed by atoms with Crippen LogP contribution in [0.25, 0.3) is 11.1 Å². The van der Waals surface area contributed by atoms with E-state index in [1.165, 1.54) is 52.6 Å². The lowest BCUT2D eigenvalue weighted by molar-refractivity contribution is 0.345. The quantitative estimate of drug-likeness (QED) is 0.0990. The van der Waals surface area contributed by atoms with Crippen molar-refractivity contribution in [2.75, 3.05) is 0 Å². The van der Waals surface area contributed by atoms with Crippen molar-refractivity contribution in [3.05, 3.63) is 238 Å². The zero-order chi connectivity index (χ0) is 46.6. The average Bonchev–Trinajstić information content (AvgIpc) is 3.63. The van der Waals surface area contributed by atoms with Gasteiger partial charge in [-0.1, -0.05) is 154 Å². The molecule has 0 bridgehead atoms. The molecule has 6 nitrogen and oxygen atoms in total. The van der Waals surface area contributed by atoms with E-state index in [0.29, 0.717) is 23.0 Å². The molecule has 1 fully saturated rings. The first-order valence-electron chi connectivity index (χ1n) is 22.7. The summed E-state index contributed by atoms with van der Waals surface area (Å²) >= 11 is 0. The molecule has 2 aliphatic rings. The highest BCUT2D eigenvalue weighted by Gasteiger charge is 2.46. The number of benzene rings is 8. The Bertz CT molecular complexity index is 2730. The Morgan fingerprint density at radius 1 is 0.379 bits per heavy atom. The Morgan fingerprint density at radius 3 is 1.08 bits per heavy atom. The lowest BCUT2D eigenvalue weighted by atomic mass is 9.65. The lowest BCUT2D eigenvalue weighted by Crippen LogP contribution is -2.30. The summed E-state index contributed by atoms with van der Waals surface area (Å²) in [6.07, 6.45) is 5.99. The molecule has 0 spiro atoms. The van der Waals surface area contributed by atoms with E-state index in [4.69, 9.17) is 0 Å². The van der Waals surface area contributed by atoms with E-state index < -0.39 is 5.41 Å². The third-order valence-corrected chi connectivity index (χ3v) is 13.9. The number of rotatable bonds is 6. The molecular formula is C60H58O6. The van der Waals surface area contributed by atoms with E-state index in [-0.39, 0.29) is 22.3 Å². The van der Waals surface area contributed by atoms with Crippen LogP contribution >= 0.6 is 0 Å². The summed E-state index contributed by atoms with van der Waals surface area (Å²) in [4.78, 5) is 0. The Hall–Kier alpha value is -7.44. The van der Waals surface area contributed by atoms with E-state index in [1.54, 1.807) is 60.7 Å². The predicted octanol–water partition coefficient (Wildman–Crippen LogP) is 13.8. The second kappa shape index (κ2) is 18.6. The number of hydrogen-bond donors (Lipinski definition) is 6. The van der Waals surface area contributed by atoms with Crippen LogP contribution in [0, 0.1) is 13.8 Å².